The van der Waals surface area contributed by atoms with E-state index < -0.39 is 24.1 Å². The van der Waals surface area contributed by atoms with Gasteiger partial charge >= 0.3 is 0 Å². The first-order chi connectivity index (χ1) is 26.3. The van der Waals surface area contributed by atoms with Crippen molar-refractivity contribution in [2.75, 3.05) is 49.5 Å². The summed E-state index contributed by atoms with van der Waals surface area (Å²) >= 11 is 0. The monoisotopic (exact) mass is 731 g/mol. The number of aliphatic hydroxyl groups is 1. The number of nitrogens with one attached hydrogen (secondary N) is 4. The van der Waals surface area contributed by atoms with Gasteiger partial charge in [-0.15, -0.1) is 0 Å². The third-order valence-corrected chi connectivity index (χ3v) is 10.2. The number of nitrogens with zero attached hydrogens (tertiary/aromatic N) is 7. The predicted octanol–water partition coefficient (Wildman–Crippen LogP) is 2.78. The van der Waals surface area contributed by atoms with Crippen LogP contribution in [0.5, 0.6) is 0 Å². The molecule has 0 aliphatic carbocycles. The highest BCUT2D eigenvalue weighted by Gasteiger charge is 2.46. The molecule has 2 aromatic carbocycles. The van der Waals surface area contributed by atoms with Crippen molar-refractivity contribution in [2.45, 2.75) is 45.0 Å². The van der Waals surface area contributed by atoms with Crippen LogP contribution in [0.3, 0.4) is 0 Å². The molecule has 2 unspecified atom stereocenters. The van der Waals surface area contributed by atoms with Gasteiger partial charge in [-0.25, -0.2) is 4.98 Å². The van der Waals surface area contributed by atoms with Crippen molar-refractivity contribution < 1.29 is 24.3 Å². The molecule has 2 saturated heterocycles. The Labute approximate surface area is 310 Å². The van der Waals surface area contributed by atoms with Crippen molar-refractivity contribution in [3.8, 4) is 11.3 Å². The van der Waals surface area contributed by atoms with Gasteiger partial charge in [-0.3, -0.25) is 39.0 Å². The van der Waals surface area contributed by atoms with Crippen molar-refractivity contribution in [1.29, 1.82) is 0 Å². The molecule has 0 spiro atoms. The number of aromatic nitrogens is 5. The van der Waals surface area contributed by atoms with Crippen molar-refractivity contribution in [2.24, 2.45) is 0 Å². The first-order valence-electron chi connectivity index (χ1n) is 18.2. The molecule has 16 heteroatoms. The highest BCUT2D eigenvalue weighted by Crippen LogP contribution is 2.41. The number of imide groups is 1. The molecule has 3 aromatic heterocycles. The van der Waals surface area contributed by atoms with Gasteiger partial charge in [0, 0.05) is 104 Å². The highest BCUT2D eigenvalue weighted by molar-refractivity contribution is 6.06. The molecule has 2 fully saturated rings. The second-order valence-electron chi connectivity index (χ2n) is 13.7. The van der Waals surface area contributed by atoms with Gasteiger partial charge in [-0.2, -0.15) is 10.1 Å². The van der Waals surface area contributed by atoms with E-state index in [1.165, 1.54) is 4.90 Å². The number of carbonyl (C=O) groups is 4. The number of aromatic amines is 1. The molecule has 2 atom stereocenters. The van der Waals surface area contributed by atoms with Crippen LogP contribution in [-0.4, -0.2) is 109 Å². The third-order valence-electron chi connectivity index (χ3n) is 10.2. The first-order valence-corrected chi connectivity index (χ1v) is 18.2. The zero-order valence-corrected chi connectivity index (χ0v) is 29.8. The Bertz CT molecular complexity index is 2220. The maximum absolute atomic E-state index is 13.3. The van der Waals surface area contributed by atoms with Gasteiger partial charge in [0.1, 0.15) is 11.7 Å². The molecular weight excluding hydrogens is 690 g/mol. The maximum atomic E-state index is 13.3. The summed E-state index contributed by atoms with van der Waals surface area (Å²) in [5.41, 5.74) is 5.28. The van der Waals surface area contributed by atoms with E-state index in [4.69, 9.17) is 4.98 Å². The minimum atomic E-state index is -1.28. The molecular formula is C38H41N11O5. The number of aliphatic hydroxyl groups excluding tert-OH is 1. The average molecular weight is 732 g/mol. The van der Waals surface area contributed by atoms with Crippen LogP contribution in [0.1, 0.15) is 58.7 Å². The summed E-state index contributed by atoms with van der Waals surface area (Å²) in [7, 11) is 0. The van der Waals surface area contributed by atoms with Crippen molar-refractivity contribution in [3.05, 3.63) is 83.8 Å². The average Bonchev–Trinajstić information content (AvgIpc) is 3.91. The molecule has 0 saturated carbocycles. The number of fused-ring (bicyclic) bond motifs is 2. The molecule has 278 valence electrons. The standard InChI is InChI=1S/C38H41N11O5/c1-2-15-48-22-24(21-41-48)32-27-12-13-39-33(27)45-38(44-32)42-25-8-6-23(7-9-25)34(51)40-14-16-46-17-19-47(20-18-46)28-5-3-4-26-31(28)37(54)49(36(26)53)29-10-11-30(50)43-35(29)52/h3-9,12-13,21-22,29,37,54H,2,10-11,14-20H2,1H3,(H,40,51)(H,43,50,52)(H2,39,42,44,45). The predicted molar refractivity (Wildman–Crippen MR) is 200 cm³/mol. The molecule has 54 heavy (non-hydrogen) atoms. The topological polar surface area (TPSA) is 194 Å². The van der Waals surface area contributed by atoms with Crippen LogP contribution in [0, 0.1) is 0 Å². The fourth-order valence-electron chi connectivity index (χ4n) is 7.47. The number of rotatable bonds is 11. The molecule has 8 rings (SSSR count). The summed E-state index contributed by atoms with van der Waals surface area (Å²) in [6.45, 7) is 6.82. The summed E-state index contributed by atoms with van der Waals surface area (Å²) in [6, 6.07) is 13.5. The van der Waals surface area contributed by atoms with Crippen LogP contribution in [-0.2, 0) is 16.1 Å². The fraction of sp³-hybridized carbons (Fsp3) is 0.342. The van der Waals surface area contributed by atoms with E-state index in [0.717, 1.165) is 54.1 Å². The molecule has 16 nitrogen and oxygen atoms in total. The van der Waals surface area contributed by atoms with Crippen molar-refractivity contribution in [1.82, 2.24) is 45.2 Å². The number of hydrogen-bond acceptors (Lipinski definition) is 11. The zero-order chi connectivity index (χ0) is 37.3. The molecule has 6 heterocycles. The number of aryl methyl sites for hydroxylation is 1. The molecule has 0 radical (unpaired) electrons. The van der Waals surface area contributed by atoms with E-state index >= 15 is 0 Å². The second-order valence-corrected chi connectivity index (χ2v) is 13.7. The van der Waals surface area contributed by atoms with Crippen LogP contribution in [0.15, 0.2) is 67.1 Å². The van der Waals surface area contributed by atoms with Crippen molar-refractivity contribution in [3.63, 3.8) is 0 Å². The number of piperazine rings is 1. The fourth-order valence-corrected chi connectivity index (χ4v) is 7.47. The number of amides is 4. The Kier molecular flexibility index (Phi) is 9.52. The van der Waals surface area contributed by atoms with Gasteiger partial charge in [0.05, 0.1) is 11.9 Å². The van der Waals surface area contributed by atoms with Crippen LogP contribution >= 0.6 is 0 Å². The Balaban J connectivity index is 0.835. The van der Waals surface area contributed by atoms with Crippen molar-refractivity contribution >= 4 is 52.0 Å². The Hall–Kier alpha value is -6.13. The molecule has 5 N–H and O–H groups in total. The quantitative estimate of drug-likeness (QED) is 0.126. The third kappa shape index (κ3) is 6.76. The van der Waals surface area contributed by atoms with Crippen LogP contribution in [0.4, 0.5) is 17.3 Å². The lowest BCUT2D eigenvalue weighted by Crippen LogP contribution is -2.53. The van der Waals surface area contributed by atoms with Crippen LogP contribution in [0.2, 0.25) is 0 Å². The minimum Gasteiger partial charge on any atom is -0.369 e. The molecule has 5 aromatic rings. The smallest absolute Gasteiger partial charge is 0.257 e. The summed E-state index contributed by atoms with van der Waals surface area (Å²) < 4.78 is 1.91. The Morgan fingerprint density at radius 3 is 2.59 bits per heavy atom. The van der Waals surface area contributed by atoms with Crippen LogP contribution in [0.25, 0.3) is 22.3 Å². The summed E-state index contributed by atoms with van der Waals surface area (Å²) in [6.07, 6.45) is 5.62. The normalized spacial score (nSPS) is 19.0. The SMILES string of the molecule is CCCn1cc(-c2nc(Nc3ccc(C(=O)NCCN4CCN(c5cccc6c5C(O)N(C5CCC(=O)NC5=O)C6=O)CC4)cc3)nc3[nH]ccc23)cn1. The first kappa shape index (κ1) is 34.9. The Morgan fingerprint density at radius 2 is 1.81 bits per heavy atom. The van der Waals surface area contributed by atoms with E-state index in [2.05, 4.69) is 47.7 Å². The van der Waals surface area contributed by atoms with Gasteiger partial charge in [-0.05, 0) is 55.3 Å². The molecule has 0 bridgehead atoms. The summed E-state index contributed by atoms with van der Waals surface area (Å²) in [5, 5.41) is 25.2. The summed E-state index contributed by atoms with van der Waals surface area (Å²) in [4.78, 5) is 68.7. The number of H-pyrrole nitrogens is 1. The number of carbonyl (C=O) groups excluding carboxylic acids is 4. The van der Waals surface area contributed by atoms with Gasteiger partial charge in [0.25, 0.3) is 11.8 Å². The van der Waals surface area contributed by atoms with E-state index in [1.807, 2.05) is 47.5 Å². The minimum absolute atomic E-state index is 0.111. The molecule has 3 aliphatic heterocycles. The van der Waals surface area contributed by atoms with E-state index in [9.17, 15) is 24.3 Å². The van der Waals surface area contributed by atoms with Crippen LogP contribution < -0.4 is 20.9 Å². The van der Waals surface area contributed by atoms with E-state index in [1.54, 1.807) is 24.3 Å². The molecule has 3 aliphatic rings. The van der Waals surface area contributed by atoms with E-state index in [0.29, 0.717) is 54.5 Å². The lowest BCUT2D eigenvalue weighted by molar-refractivity contribution is -0.139. The second kappa shape index (κ2) is 14.7. The number of anilines is 3. The van der Waals surface area contributed by atoms with Gasteiger partial charge in [0.15, 0.2) is 6.23 Å². The Morgan fingerprint density at radius 1 is 1.00 bits per heavy atom. The lowest BCUT2D eigenvalue weighted by atomic mass is 10.0. The largest absolute Gasteiger partial charge is 0.369 e. The number of hydrogen-bond donors (Lipinski definition) is 5. The molecule has 4 amide bonds. The van der Waals surface area contributed by atoms with Gasteiger partial charge in [0.2, 0.25) is 17.8 Å². The van der Waals surface area contributed by atoms with Gasteiger partial charge < -0.3 is 25.6 Å². The number of benzene rings is 2. The highest BCUT2D eigenvalue weighted by atomic mass is 16.3. The number of piperidine rings is 1. The maximum Gasteiger partial charge on any atom is 0.257 e. The summed E-state index contributed by atoms with van der Waals surface area (Å²) in [5.74, 6) is -1.11. The zero-order valence-electron chi connectivity index (χ0n) is 29.8. The van der Waals surface area contributed by atoms with Gasteiger partial charge in [-0.1, -0.05) is 13.0 Å². The lowest BCUT2D eigenvalue weighted by Gasteiger charge is -2.37. The van der Waals surface area contributed by atoms with E-state index in [-0.39, 0.29) is 24.7 Å².